The summed E-state index contributed by atoms with van der Waals surface area (Å²) in [6.07, 6.45) is 0.899. The van der Waals surface area contributed by atoms with Crippen LogP contribution in [0.15, 0.2) is 11.1 Å². The van der Waals surface area contributed by atoms with Crippen LogP contribution in [0.25, 0.3) is 0 Å². The van der Waals surface area contributed by atoms with E-state index in [1.54, 1.807) is 7.11 Å². The molecule has 0 spiro atoms. The summed E-state index contributed by atoms with van der Waals surface area (Å²) in [5, 5.41) is 4.45. The number of ether oxygens (including phenoxy) is 1. The molecule has 1 rings (SSSR count). The molecule has 17 heavy (non-hydrogen) atoms. The first-order valence-electron chi connectivity index (χ1n) is 5.83. The third-order valence-corrected chi connectivity index (χ3v) is 2.44. The van der Waals surface area contributed by atoms with Crippen LogP contribution in [-0.2, 0) is 17.7 Å². The molecule has 1 heterocycles. The molecule has 0 bridgehead atoms. The molecule has 1 aromatic rings. The van der Waals surface area contributed by atoms with Gasteiger partial charge in [-0.15, -0.1) is 0 Å². The van der Waals surface area contributed by atoms with Crippen molar-refractivity contribution in [3.63, 3.8) is 0 Å². The van der Waals surface area contributed by atoms with Crippen molar-refractivity contribution in [2.24, 2.45) is 10.8 Å². The smallest absolute Gasteiger partial charge is 0.161 e. The van der Waals surface area contributed by atoms with E-state index < -0.39 is 0 Å². The van der Waals surface area contributed by atoms with E-state index in [0.29, 0.717) is 19.0 Å². The van der Waals surface area contributed by atoms with E-state index in [1.807, 2.05) is 17.7 Å². The first kappa shape index (κ1) is 13.7. The lowest BCUT2D eigenvalue weighted by Crippen LogP contribution is -2.33. The van der Waals surface area contributed by atoms with Crippen LogP contribution in [0, 0.1) is 0 Å². The van der Waals surface area contributed by atoms with Gasteiger partial charge in [0.2, 0.25) is 0 Å². The van der Waals surface area contributed by atoms with Gasteiger partial charge in [0.15, 0.2) is 5.84 Å². The number of hydrogen-bond acceptors (Lipinski definition) is 4. The fourth-order valence-corrected chi connectivity index (χ4v) is 1.52. The van der Waals surface area contributed by atoms with Gasteiger partial charge in [0.25, 0.3) is 0 Å². The molecule has 0 unspecified atom stereocenters. The summed E-state index contributed by atoms with van der Waals surface area (Å²) in [6, 6.07) is 2.01. The molecule has 6 heteroatoms. The van der Waals surface area contributed by atoms with Gasteiger partial charge in [-0.2, -0.15) is 5.10 Å². The maximum absolute atomic E-state index is 5.50. The summed E-state index contributed by atoms with van der Waals surface area (Å²) in [6.45, 7) is 6.06. The lowest BCUT2D eigenvalue weighted by atomic mass is 10.3. The normalized spacial score (nSPS) is 11.9. The predicted molar refractivity (Wildman–Crippen MR) is 67.9 cm³/mol. The molecule has 96 valence electrons. The molecular weight excluding hydrogens is 218 g/mol. The van der Waals surface area contributed by atoms with Crippen molar-refractivity contribution in [3.05, 3.63) is 17.5 Å². The van der Waals surface area contributed by atoms with Crippen molar-refractivity contribution < 1.29 is 4.74 Å². The number of nitrogens with one attached hydrogen (secondary N) is 1. The topological polar surface area (TPSA) is 77.5 Å². The Morgan fingerprint density at radius 1 is 1.59 bits per heavy atom. The Labute approximate surface area is 102 Å². The summed E-state index contributed by atoms with van der Waals surface area (Å²) < 4.78 is 6.85. The molecule has 0 fully saturated rings. The van der Waals surface area contributed by atoms with Gasteiger partial charge in [-0.25, -0.2) is 5.84 Å². The monoisotopic (exact) mass is 239 g/mol. The first-order valence-corrected chi connectivity index (χ1v) is 5.83. The lowest BCUT2D eigenvalue weighted by Gasteiger charge is -2.07. The second kappa shape index (κ2) is 7.03. The van der Waals surface area contributed by atoms with Gasteiger partial charge in [-0.1, -0.05) is 6.92 Å². The molecular formula is C11H21N5O. The standard InChI is InChI=1S/C11H21N5O/c1-4-9-8-10(16(5-2)15-9)11(14-12)13-6-7-17-3/h8H,4-7,12H2,1-3H3,(H,13,14). The van der Waals surface area contributed by atoms with Crippen molar-refractivity contribution in [1.29, 1.82) is 0 Å². The Hall–Kier alpha value is -1.40. The van der Waals surface area contributed by atoms with Gasteiger partial charge >= 0.3 is 0 Å². The molecule has 0 saturated carbocycles. The van der Waals surface area contributed by atoms with E-state index in [2.05, 4.69) is 22.4 Å². The number of methoxy groups -OCH3 is 1. The maximum Gasteiger partial charge on any atom is 0.161 e. The molecule has 0 aliphatic carbocycles. The van der Waals surface area contributed by atoms with Crippen LogP contribution in [0.2, 0.25) is 0 Å². The number of nitrogens with two attached hydrogens (primary N) is 1. The fraction of sp³-hybridized carbons (Fsp3) is 0.636. The fourth-order valence-electron chi connectivity index (χ4n) is 1.52. The summed E-state index contributed by atoms with van der Waals surface area (Å²) in [7, 11) is 1.65. The van der Waals surface area contributed by atoms with Crippen molar-refractivity contribution in [3.8, 4) is 0 Å². The van der Waals surface area contributed by atoms with E-state index >= 15 is 0 Å². The van der Waals surface area contributed by atoms with E-state index in [-0.39, 0.29) is 0 Å². The first-order chi connectivity index (χ1) is 8.26. The number of aliphatic imine (C=N–C) groups is 1. The highest BCUT2D eigenvalue weighted by Crippen LogP contribution is 2.06. The minimum Gasteiger partial charge on any atom is -0.383 e. The number of hydrogen-bond donors (Lipinski definition) is 2. The highest BCUT2D eigenvalue weighted by Gasteiger charge is 2.10. The Morgan fingerprint density at radius 3 is 2.88 bits per heavy atom. The van der Waals surface area contributed by atoms with Gasteiger partial charge in [-0.3, -0.25) is 9.67 Å². The van der Waals surface area contributed by atoms with Gasteiger partial charge in [-0.05, 0) is 19.4 Å². The quantitative estimate of drug-likeness (QED) is 0.246. The van der Waals surface area contributed by atoms with E-state index in [0.717, 1.165) is 24.4 Å². The molecule has 0 radical (unpaired) electrons. The van der Waals surface area contributed by atoms with Crippen molar-refractivity contribution in [1.82, 2.24) is 15.2 Å². The molecule has 3 N–H and O–H groups in total. The minimum atomic E-state index is 0.575. The Bertz CT molecular complexity index is 372. The van der Waals surface area contributed by atoms with Crippen LogP contribution < -0.4 is 11.3 Å². The summed E-state index contributed by atoms with van der Waals surface area (Å²) in [5.74, 6) is 6.15. The molecule has 0 atom stereocenters. The Morgan fingerprint density at radius 2 is 2.35 bits per heavy atom. The molecule has 6 nitrogen and oxygen atoms in total. The van der Waals surface area contributed by atoms with Gasteiger partial charge in [0.05, 0.1) is 18.8 Å². The zero-order chi connectivity index (χ0) is 12.7. The molecule has 0 aromatic carbocycles. The molecule has 0 saturated heterocycles. The van der Waals surface area contributed by atoms with Crippen molar-refractivity contribution in [2.75, 3.05) is 20.3 Å². The summed E-state index contributed by atoms with van der Waals surface area (Å²) in [4.78, 5) is 4.35. The average molecular weight is 239 g/mol. The highest BCUT2D eigenvalue weighted by atomic mass is 16.5. The zero-order valence-electron chi connectivity index (χ0n) is 10.7. The third-order valence-electron chi connectivity index (χ3n) is 2.44. The molecule has 1 aromatic heterocycles. The van der Waals surface area contributed by atoms with Crippen LogP contribution in [0.5, 0.6) is 0 Å². The van der Waals surface area contributed by atoms with Gasteiger partial charge in [0, 0.05) is 13.7 Å². The van der Waals surface area contributed by atoms with Crippen LogP contribution in [0.1, 0.15) is 25.2 Å². The van der Waals surface area contributed by atoms with Gasteiger partial charge in [0.1, 0.15) is 5.69 Å². The van der Waals surface area contributed by atoms with Crippen LogP contribution >= 0.6 is 0 Å². The SMILES string of the molecule is CCc1cc(C(=NCCOC)NN)n(CC)n1. The van der Waals surface area contributed by atoms with E-state index in [1.165, 1.54) is 0 Å². The Kier molecular flexibility index (Phi) is 5.65. The maximum atomic E-state index is 5.50. The Balaban J connectivity index is 2.93. The van der Waals surface area contributed by atoms with Crippen molar-refractivity contribution in [2.45, 2.75) is 26.8 Å². The van der Waals surface area contributed by atoms with E-state index in [9.17, 15) is 0 Å². The number of nitrogens with zero attached hydrogens (tertiary/aromatic N) is 3. The lowest BCUT2D eigenvalue weighted by molar-refractivity contribution is 0.208. The minimum absolute atomic E-state index is 0.575. The van der Waals surface area contributed by atoms with Crippen LogP contribution in [-0.4, -0.2) is 35.9 Å². The van der Waals surface area contributed by atoms with E-state index in [4.69, 9.17) is 10.6 Å². The number of aromatic nitrogens is 2. The number of amidine groups is 1. The summed E-state index contributed by atoms with van der Waals surface area (Å²) >= 11 is 0. The number of rotatable bonds is 6. The average Bonchev–Trinajstić information content (AvgIpc) is 2.78. The van der Waals surface area contributed by atoms with Crippen LogP contribution in [0.4, 0.5) is 0 Å². The zero-order valence-corrected chi connectivity index (χ0v) is 10.7. The third kappa shape index (κ3) is 3.54. The summed E-state index contributed by atoms with van der Waals surface area (Å²) in [5.41, 5.74) is 4.58. The van der Waals surface area contributed by atoms with Gasteiger partial charge < -0.3 is 10.2 Å². The number of hydrazine groups is 1. The molecule has 0 aliphatic heterocycles. The second-order valence-corrected chi connectivity index (χ2v) is 3.56. The predicted octanol–water partition coefficient (Wildman–Crippen LogP) is 0.322. The second-order valence-electron chi connectivity index (χ2n) is 3.56. The molecule has 0 amide bonds. The largest absolute Gasteiger partial charge is 0.383 e. The molecule has 0 aliphatic rings. The highest BCUT2D eigenvalue weighted by molar-refractivity contribution is 5.97. The van der Waals surface area contributed by atoms with Crippen molar-refractivity contribution >= 4 is 5.84 Å². The number of aryl methyl sites for hydroxylation is 2. The van der Waals surface area contributed by atoms with Crippen LogP contribution in [0.3, 0.4) is 0 Å².